The fourth-order valence-electron chi connectivity index (χ4n) is 2.10. The smallest absolute Gasteiger partial charge is 0.339 e. The lowest BCUT2D eigenvalue weighted by Gasteiger charge is -2.20. The number of methoxy groups -OCH3 is 1. The van der Waals surface area contributed by atoms with Gasteiger partial charge in [0.1, 0.15) is 0 Å². The van der Waals surface area contributed by atoms with Crippen LogP contribution in [0.1, 0.15) is 38.1 Å². The van der Waals surface area contributed by atoms with Gasteiger partial charge in [0.15, 0.2) is 17.6 Å². The Kier molecular flexibility index (Phi) is 8.36. The first-order valence-corrected chi connectivity index (χ1v) is 8.76. The lowest BCUT2D eigenvalue weighted by atomic mass is 10.1. The zero-order chi connectivity index (χ0) is 20.7. The number of urea groups is 1. The van der Waals surface area contributed by atoms with E-state index in [0.29, 0.717) is 12.4 Å². The number of nitrogens with one attached hydrogen (secondary N) is 1. The van der Waals surface area contributed by atoms with Crippen molar-refractivity contribution in [3.8, 4) is 11.5 Å². The van der Waals surface area contributed by atoms with Gasteiger partial charge < -0.3 is 19.9 Å². The predicted molar refractivity (Wildman–Crippen MR) is 100 cm³/mol. The molecule has 0 unspecified atom stereocenters. The highest BCUT2D eigenvalue weighted by molar-refractivity contribution is 6.32. The lowest BCUT2D eigenvalue weighted by Crippen LogP contribution is -2.45. The summed E-state index contributed by atoms with van der Waals surface area (Å²) >= 11 is 6.22. The Morgan fingerprint density at radius 3 is 2.30 bits per heavy atom. The first-order valence-electron chi connectivity index (χ1n) is 8.38. The van der Waals surface area contributed by atoms with Crippen molar-refractivity contribution in [3.63, 3.8) is 0 Å². The van der Waals surface area contributed by atoms with Crippen LogP contribution in [0.3, 0.4) is 0 Å². The van der Waals surface area contributed by atoms with Crippen LogP contribution >= 0.6 is 11.6 Å². The molecule has 0 aliphatic carbocycles. The van der Waals surface area contributed by atoms with Gasteiger partial charge in [-0.25, -0.2) is 9.59 Å². The number of amides is 3. The number of esters is 1. The minimum absolute atomic E-state index is 0.0753. The molecule has 3 amide bonds. The molecule has 0 aliphatic heterocycles. The van der Waals surface area contributed by atoms with E-state index in [9.17, 15) is 14.4 Å². The molecule has 0 aromatic heterocycles. The van der Waals surface area contributed by atoms with E-state index >= 15 is 0 Å². The third-order valence-corrected chi connectivity index (χ3v) is 3.65. The predicted octanol–water partition coefficient (Wildman–Crippen LogP) is 2.76. The molecule has 0 radical (unpaired) electrons. The van der Waals surface area contributed by atoms with Gasteiger partial charge in [-0.2, -0.15) is 0 Å². The third-order valence-electron chi connectivity index (χ3n) is 3.37. The summed E-state index contributed by atoms with van der Waals surface area (Å²) in [6.45, 7) is 7.71. The quantitative estimate of drug-likeness (QED) is 0.648. The summed E-state index contributed by atoms with van der Waals surface area (Å²) in [5, 5.41) is 2.07. The fourth-order valence-corrected chi connectivity index (χ4v) is 2.36. The lowest BCUT2D eigenvalue weighted by molar-refractivity contribution is -0.130. The van der Waals surface area contributed by atoms with Crippen LogP contribution in [0.15, 0.2) is 12.1 Å². The number of hydrogen-bond donors (Lipinski definition) is 2. The highest BCUT2D eigenvalue weighted by atomic mass is 35.5. The van der Waals surface area contributed by atoms with E-state index < -0.39 is 24.0 Å². The van der Waals surface area contributed by atoms with Crippen molar-refractivity contribution < 1.29 is 28.6 Å². The monoisotopic (exact) mass is 400 g/mol. The Morgan fingerprint density at radius 1 is 1.19 bits per heavy atom. The number of hydrogen-bond acceptors (Lipinski definition) is 6. The number of primary amides is 1. The van der Waals surface area contributed by atoms with Crippen LogP contribution in [0.4, 0.5) is 4.79 Å². The highest BCUT2D eigenvalue weighted by Crippen LogP contribution is 2.37. The average molecular weight is 401 g/mol. The molecule has 0 spiro atoms. The zero-order valence-electron chi connectivity index (χ0n) is 16.0. The van der Waals surface area contributed by atoms with E-state index in [1.165, 1.54) is 19.2 Å². The number of rotatable bonds is 8. The first kappa shape index (κ1) is 22.6. The van der Waals surface area contributed by atoms with Crippen molar-refractivity contribution >= 4 is 29.5 Å². The second-order valence-electron chi connectivity index (χ2n) is 6.62. The molecule has 9 heteroatoms. The Hall–Kier alpha value is -2.48. The third kappa shape index (κ3) is 6.63. The largest absolute Gasteiger partial charge is 0.493 e. The van der Waals surface area contributed by atoms with Crippen LogP contribution in [0.2, 0.25) is 5.02 Å². The van der Waals surface area contributed by atoms with Crippen LogP contribution in [0.25, 0.3) is 0 Å². The standard InChI is InChI=1S/C18H25ClN2O6/c1-9(2)8-26-15-12(19)6-11(7-13(15)25-5)17(23)27-14(10(3)4)16(22)21-18(20)24/h6-7,9-10,14H,8H2,1-5H3,(H3,20,21,22,24)/t14-/m1/s1. The fraction of sp³-hybridized carbons (Fsp3) is 0.500. The number of halogens is 1. The van der Waals surface area contributed by atoms with Crippen LogP contribution in [0.5, 0.6) is 11.5 Å². The SMILES string of the molecule is COc1cc(C(=O)O[C@@H](C(=O)NC(N)=O)C(C)C)cc(Cl)c1OCC(C)C. The topological polar surface area (TPSA) is 117 Å². The van der Waals surface area contributed by atoms with E-state index in [0.717, 1.165) is 0 Å². The number of carbonyl (C=O) groups excluding carboxylic acids is 3. The molecule has 150 valence electrons. The number of ether oxygens (including phenoxy) is 3. The maximum Gasteiger partial charge on any atom is 0.339 e. The molecule has 3 N–H and O–H groups in total. The Labute approximate surface area is 163 Å². The molecule has 1 atom stereocenters. The van der Waals surface area contributed by atoms with E-state index in [1.807, 2.05) is 19.2 Å². The van der Waals surface area contributed by atoms with Crippen LogP contribution in [-0.2, 0) is 9.53 Å². The molecule has 0 bridgehead atoms. The minimum Gasteiger partial charge on any atom is -0.493 e. The van der Waals surface area contributed by atoms with E-state index in [4.69, 9.17) is 31.5 Å². The van der Waals surface area contributed by atoms with Gasteiger partial charge in [-0.05, 0) is 24.0 Å². The summed E-state index contributed by atoms with van der Waals surface area (Å²) in [4.78, 5) is 35.3. The van der Waals surface area contributed by atoms with Crippen molar-refractivity contribution in [3.05, 3.63) is 22.7 Å². The van der Waals surface area contributed by atoms with Gasteiger partial charge >= 0.3 is 12.0 Å². The van der Waals surface area contributed by atoms with Gasteiger partial charge in [0.05, 0.1) is 24.3 Å². The Balaban J connectivity index is 3.06. The molecular formula is C18H25ClN2O6. The molecule has 8 nitrogen and oxygen atoms in total. The maximum absolute atomic E-state index is 12.5. The summed E-state index contributed by atoms with van der Waals surface area (Å²) in [5.74, 6) is -1.15. The van der Waals surface area contributed by atoms with Gasteiger partial charge in [-0.15, -0.1) is 0 Å². The van der Waals surface area contributed by atoms with Gasteiger partial charge in [0.2, 0.25) is 0 Å². The maximum atomic E-state index is 12.5. The number of imide groups is 1. The molecule has 0 saturated heterocycles. The molecule has 0 aliphatic rings. The van der Waals surface area contributed by atoms with E-state index in [-0.39, 0.29) is 28.2 Å². The Morgan fingerprint density at radius 2 is 1.81 bits per heavy atom. The highest BCUT2D eigenvalue weighted by Gasteiger charge is 2.28. The second kappa shape index (κ2) is 10.0. The van der Waals surface area contributed by atoms with Crippen LogP contribution in [-0.4, -0.2) is 37.7 Å². The molecule has 1 rings (SSSR count). The minimum atomic E-state index is -1.20. The second-order valence-corrected chi connectivity index (χ2v) is 7.02. The summed E-state index contributed by atoms with van der Waals surface area (Å²) in [7, 11) is 1.42. The van der Waals surface area contributed by atoms with Crippen molar-refractivity contribution in [1.82, 2.24) is 5.32 Å². The Bertz CT molecular complexity index is 705. The first-order chi connectivity index (χ1) is 12.6. The van der Waals surface area contributed by atoms with E-state index in [1.54, 1.807) is 13.8 Å². The van der Waals surface area contributed by atoms with Gasteiger partial charge in [0, 0.05) is 0 Å². The summed E-state index contributed by atoms with van der Waals surface area (Å²) in [5.41, 5.74) is 5.01. The molecule has 1 aromatic carbocycles. The average Bonchev–Trinajstić information content (AvgIpc) is 2.56. The zero-order valence-corrected chi connectivity index (χ0v) is 16.8. The van der Waals surface area contributed by atoms with Crippen molar-refractivity contribution in [1.29, 1.82) is 0 Å². The van der Waals surface area contributed by atoms with Crippen LogP contribution in [0, 0.1) is 11.8 Å². The molecule has 1 aromatic rings. The molecule has 0 saturated carbocycles. The van der Waals surface area contributed by atoms with E-state index in [2.05, 4.69) is 0 Å². The summed E-state index contributed by atoms with van der Waals surface area (Å²) in [6, 6.07) is 1.75. The van der Waals surface area contributed by atoms with Gasteiger partial charge in [-0.1, -0.05) is 39.3 Å². The van der Waals surface area contributed by atoms with Crippen LogP contribution < -0.4 is 20.5 Å². The summed E-state index contributed by atoms with van der Waals surface area (Å²) in [6.07, 6.45) is -1.20. The number of carbonyl (C=O) groups is 3. The normalized spacial score (nSPS) is 11.9. The molecule has 0 fully saturated rings. The summed E-state index contributed by atoms with van der Waals surface area (Å²) < 4.78 is 16.1. The van der Waals surface area contributed by atoms with Crippen molar-refractivity contribution in [2.45, 2.75) is 33.8 Å². The molecule has 0 heterocycles. The number of nitrogens with two attached hydrogens (primary N) is 1. The van der Waals surface area contributed by atoms with Crippen molar-refractivity contribution in [2.75, 3.05) is 13.7 Å². The van der Waals surface area contributed by atoms with Gasteiger partial charge in [-0.3, -0.25) is 10.1 Å². The molecular weight excluding hydrogens is 376 g/mol. The van der Waals surface area contributed by atoms with Gasteiger partial charge in [0.25, 0.3) is 5.91 Å². The molecule has 27 heavy (non-hydrogen) atoms. The van der Waals surface area contributed by atoms with Crippen molar-refractivity contribution in [2.24, 2.45) is 17.6 Å². The number of benzene rings is 1.